The number of thioether (sulfide) groups is 1. The smallest absolute Gasteiger partial charge is 0.324 e. The van der Waals surface area contributed by atoms with Crippen molar-refractivity contribution in [3.8, 4) is 0 Å². The molecule has 186 valence electrons. The summed E-state index contributed by atoms with van der Waals surface area (Å²) in [6.45, 7) is 5.35. The number of rotatable bonds is 11. The molecule has 0 aliphatic carbocycles. The molecule has 0 bridgehead atoms. The van der Waals surface area contributed by atoms with E-state index in [0.29, 0.717) is 11.4 Å². The quantitative estimate of drug-likeness (QED) is 0.156. The van der Waals surface area contributed by atoms with Crippen LogP contribution in [-0.4, -0.2) is 46.8 Å². The van der Waals surface area contributed by atoms with Gasteiger partial charge in [-0.25, -0.2) is 0 Å². The number of likely N-dealkylation sites (tertiary alicyclic amines) is 1. The molecular formula is C30H32N2O2S2. The van der Waals surface area contributed by atoms with Crippen LogP contribution in [-0.2, 0) is 14.3 Å². The van der Waals surface area contributed by atoms with Crippen molar-refractivity contribution in [3.63, 3.8) is 0 Å². The summed E-state index contributed by atoms with van der Waals surface area (Å²) in [7, 11) is 0. The average molecular weight is 517 g/mol. The predicted octanol–water partition coefficient (Wildman–Crippen LogP) is 5.56. The Labute approximate surface area is 223 Å². The number of carbonyl (C=O) groups is 1. The molecule has 2 unspecified atom stereocenters. The summed E-state index contributed by atoms with van der Waals surface area (Å²) < 4.78 is 4.99. The first kappa shape index (κ1) is 26.1. The highest BCUT2D eigenvalue weighted by Gasteiger charge is 2.42. The highest BCUT2D eigenvalue weighted by Crippen LogP contribution is 2.51. The highest BCUT2D eigenvalue weighted by molar-refractivity contribution is 8.01. The molecule has 1 aliphatic heterocycles. The third kappa shape index (κ3) is 5.89. The molecule has 4 rings (SSSR count). The Bertz CT molecular complexity index is 1060. The van der Waals surface area contributed by atoms with Gasteiger partial charge in [0.2, 0.25) is 0 Å². The number of hydrogen-bond acceptors (Lipinski definition) is 5. The van der Waals surface area contributed by atoms with Gasteiger partial charge in [0.1, 0.15) is 12.6 Å². The van der Waals surface area contributed by atoms with Crippen LogP contribution in [0.5, 0.6) is 0 Å². The molecule has 1 heterocycles. The largest absolute Gasteiger partial charge is 0.460 e. The van der Waals surface area contributed by atoms with Gasteiger partial charge in [-0.2, -0.15) is 0 Å². The standard InChI is InChI=1S/C30H32N2O2S2/c1-2-20-34-29(33)27(21-28(31)35)32-19-18-26(22-32)36-30(23-12-6-3-7-13-23,24-14-8-4-9-15-24)25-16-10-5-11-17-25/h2-17,26-27H,1,18-22H2,(H2,31,35). The molecule has 2 atom stereocenters. The summed E-state index contributed by atoms with van der Waals surface area (Å²) in [4.78, 5) is 15.3. The average Bonchev–Trinajstić information content (AvgIpc) is 3.38. The first-order chi connectivity index (χ1) is 17.5. The van der Waals surface area contributed by atoms with E-state index in [0.717, 1.165) is 19.5 Å². The summed E-state index contributed by atoms with van der Waals surface area (Å²) in [5.74, 6) is -0.297. The van der Waals surface area contributed by atoms with Gasteiger partial charge in [-0.05, 0) is 23.1 Å². The second-order valence-corrected chi connectivity index (χ2v) is 10.9. The van der Waals surface area contributed by atoms with Crippen LogP contribution in [0.15, 0.2) is 104 Å². The molecule has 6 heteroatoms. The molecule has 1 saturated heterocycles. The maximum atomic E-state index is 12.8. The zero-order valence-electron chi connectivity index (χ0n) is 20.3. The van der Waals surface area contributed by atoms with Crippen molar-refractivity contribution >= 4 is 34.9 Å². The Kier molecular flexibility index (Phi) is 8.97. The van der Waals surface area contributed by atoms with Crippen molar-refractivity contribution in [2.24, 2.45) is 5.73 Å². The van der Waals surface area contributed by atoms with Crippen LogP contribution in [0.2, 0.25) is 0 Å². The molecular weight excluding hydrogens is 484 g/mol. The van der Waals surface area contributed by atoms with Crippen molar-refractivity contribution < 1.29 is 9.53 Å². The molecule has 2 N–H and O–H groups in total. The number of ether oxygens (including phenoxy) is 1. The summed E-state index contributed by atoms with van der Waals surface area (Å²) in [6, 6.07) is 31.6. The highest BCUT2D eigenvalue weighted by atomic mass is 32.2. The second kappa shape index (κ2) is 12.3. The van der Waals surface area contributed by atoms with E-state index in [1.54, 1.807) is 6.08 Å². The lowest BCUT2D eigenvalue weighted by Crippen LogP contribution is -2.43. The van der Waals surface area contributed by atoms with Gasteiger partial charge in [0.15, 0.2) is 0 Å². The third-order valence-electron chi connectivity index (χ3n) is 6.51. The van der Waals surface area contributed by atoms with Gasteiger partial charge in [-0.15, -0.1) is 11.8 Å². The van der Waals surface area contributed by atoms with E-state index in [2.05, 4.69) is 102 Å². The summed E-state index contributed by atoms with van der Waals surface area (Å²) >= 11 is 7.12. The predicted molar refractivity (Wildman–Crippen MR) is 153 cm³/mol. The van der Waals surface area contributed by atoms with Crippen LogP contribution in [0.4, 0.5) is 0 Å². The fourth-order valence-electron chi connectivity index (χ4n) is 4.90. The lowest BCUT2D eigenvalue weighted by atomic mass is 9.84. The molecule has 1 aliphatic rings. The summed E-state index contributed by atoms with van der Waals surface area (Å²) in [6.07, 6.45) is 2.83. The van der Waals surface area contributed by atoms with E-state index in [4.69, 9.17) is 22.7 Å². The SMILES string of the molecule is C=CCOC(=O)C(CC(N)=S)N1CCC(SC(c2ccccc2)(c2ccccc2)c2ccccc2)C1. The molecule has 1 fully saturated rings. The van der Waals surface area contributed by atoms with Crippen LogP contribution in [0.3, 0.4) is 0 Å². The minimum absolute atomic E-state index is 0.178. The van der Waals surface area contributed by atoms with E-state index in [-0.39, 0.29) is 17.8 Å². The summed E-state index contributed by atoms with van der Waals surface area (Å²) in [5.41, 5.74) is 9.56. The van der Waals surface area contributed by atoms with Crippen LogP contribution in [0.1, 0.15) is 29.5 Å². The van der Waals surface area contributed by atoms with E-state index < -0.39 is 10.8 Å². The van der Waals surface area contributed by atoms with E-state index in [1.807, 2.05) is 11.8 Å². The monoisotopic (exact) mass is 516 g/mol. The number of thiocarbonyl (C=S) groups is 1. The Morgan fingerprint density at radius 1 is 1.03 bits per heavy atom. The maximum absolute atomic E-state index is 12.8. The van der Waals surface area contributed by atoms with Crippen molar-refractivity contribution in [1.29, 1.82) is 0 Å². The minimum Gasteiger partial charge on any atom is -0.460 e. The van der Waals surface area contributed by atoms with Crippen molar-refractivity contribution in [2.45, 2.75) is 28.9 Å². The molecule has 0 amide bonds. The molecule has 0 saturated carbocycles. The molecule has 0 aromatic heterocycles. The van der Waals surface area contributed by atoms with Crippen LogP contribution >= 0.6 is 24.0 Å². The Balaban J connectivity index is 1.69. The Morgan fingerprint density at radius 2 is 1.53 bits per heavy atom. The van der Waals surface area contributed by atoms with Crippen LogP contribution < -0.4 is 5.73 Å². The zero-order valence-corrected chi connectivity index (χ0v) is 21.9. The number of benzene rings is 3. The van der Waals surface area contributed by atoms with Crippen molar-refractivity contribution in [2.75, 3.05) is 19.7 Å². The normalized spacial score (nSPS) is 16.8. The van der Waals surface area contributed by atoms with E-state index in [9.17, 15) is 4.79 Å². The maximum Gasteiger partial charge on any atom is 0.324 e. The second-order valence-electron chi connectivity index (χ2n) is 8.91. The molecule has 4 nitrogen and oxygen atoms in total. The number of nitrogens with zero attached hydrogens (tertiary/aromatic N) is 1. The third-order valence-corrected chi connectivity index (χ3v) is 8.46. The minimum atomic E-state index is -0.479. The van der Waals surface area contributed by atoms with Gasteiger partial charge in [0, 0.05) is 24.8 Å². The van der Waals surface area contributed by atoms with Crippen molar-refractivity contribution in [1.82, 2.24) is 4.90 Å². The van der Waals surface area contributed by atoms with Gasteiger partial charge in [-0.1, -0.05) is 116 Å². The first-order valence-corrected chi connectivity index (χ1v) is 13.5. The Hall–Kier alpha value is -2.93. The number of hydrogen-bond donors (Lipinski definition) is 1. The summed E-state index contributed by atoms with van der Waals surface area (Å²) in [5, 5.41) is 0.284. The lowest BCUT2D eigenvalue weighted by Gasteiger charge is -2.37. The number of esters is 1. The number of nitrogens with two attached hydrogens (primary N) is 1. The first-order valence-electron chi connectivity index (χ1n) is 12.2. The van der Waals surface area contributed by atoms with Crippen molar-refractivity contribution in [3.05, 3.63) is 120 Å². The molecule has 36 heavy (non-hydrogen) atoms. The lowest BCUT2D eigenvalue weighted by molar-refractivity contribution is -0.148. The van der Waals surface area contributed by atoms with Crippen LogP contribution in [0, 0.1) is 0 Å². The fraction of sp³-hybridized carbons (Fsp3) is 0.267. The van der Waals surface area contributed by atoms with Crippen LogP contribution in [0.25, 0.3) is 0 Å². The van der Waals surface area contributed by atoms with Gasteiger partial charge >= 0.3 is 5.97 Å². The molecule has 3 aromatic rings. The molecule has 0 spiro atoms. The fourth-order valence-corrected chi connectivity index (χ4v) is 6.86. The zero-order chi connectivity index (χ0) is 25.4. The van der Waals surface area contributed by atoms with Gasteiger partial charge in [0.25, 0.3) is 0 Å². The van der Waals surface area contributed by atoms with Gasteiger partial charge < -0.3 is 10.5 Å². The van der Waals surface area contributed by atoms with Gasteiger partial charge in [-0.3, -0.25) is 9.69 Å². The van der Waals surface area contributed by atoms with Gasteiger partial charge in [0.05, 0.1) is 9.74 Å². The molecule has 0 radical (unpaired) electrons. The molecule has 3 aromatic carbocycles. The number of carbonyl (C=O) groups excluding carboxylic acids is 1. The van der Waals surface area contributed by atoms with E-state index >= 15 is 0 Å². The van der Waals surface area contributed by atoms with E-state index in [1.165, 1.54) is 16.7 Å². The topological polar surface area (TPSA) is 55.6 Å². The Morgan fingerprint density at radius 3 is 1.97 bits per heavy atom.